The summed E-state index contributed by atoms with van der Waals surface area (Å²) in [6.07, 6.45) is 0. The maximum atomic E-state index is 2.30. The molecule has 2 rings (SSSR count). The van der Waals surface area contributed by atoms with Crippen LogP contribution in [0.25, 0.3) is 0 Å². The minimum Gasteiger partial charge on any atom is -0.355 e. The Kier molecular flexibility index (Phi) is 1.72. The second-order valence-electron chi connectivity index (χ2n) is 3.91. The van der Waals surface area contributed by atoms with Crippen LogP contribution in [0.15, 0.2) is 12.1 Å². The van der Waals surface area contributed by atoms with E-state index in [1.54, 1.807) is 0 Å². The Morgan fingerprint density at radius 2 is 1.77 bits per heavy atom. The van der Waals surface area contributed by atoms with Crippen molar-refractivity contribution in [1.29, 1.82) is 0 Å². The van der Waals surface area contributed by atoms with Crippen molar-refractivity contribution in [3.63, 3.8) is 0 Å². The van der Waals surface area contributed by atoms with Gasteiger partial charge in [0.1, 0.15) is 0 Å². The van der Waals surface area contributed by atoms with Crippen LogP contribution in [0.2, 0.25) is 0 Å². The van der Waals surface area contributed by atoms with E-state index in [4.69, 9.17) is 0 Å². The summed E-state index contributed by atoms with van der Waals surface area (Å²) in [5, 5.41) is 0. The van der Waals surface area contributed by atoms with E-state index in [2.05, 4.69) is 49.9 Å². The average molecular weight is 176 g/mol. The molecular weight excluding hydrogens is 160 g/mol. The maximum Gasteiger partial charge on any atom is 0.0898 e. The smallest absolute Gasteiger partial charge is 0.0898 e. The zero-order valence-electron chi connectivity index (χ0n) is 8.76. The molecule has 0 radical (unpaired) electrons. The predicted molar refractivity (Wildman–Crippen MR) is 57.6 cm³/mol. The fourth-order valence-electron chi connectivity index (χ4n) is 2.04. The predicted octanol–water partition coefficient (Wildman–Crippen LogP) is 2.15. The Hall–Kier alpha value is -1.18. The van der Waals surface area contributed by atoms with Crippen LogP contribution in [0.4, 0.5) is 11.4 Å². The summed E-state index contributed by atoms with van der Waals surface area (Å²) < 4.78 is 0. The molecule has 0 saturated heterocycles. The van der Waals surface area contributed by atoms with Gasteiger partial charge in [-0.25, -0.2) is 0 Å². The standard InChI is InChI=1S/C11H16N2/c1-8-5-6-10-11(9(8)2)13(4)7-12(10)3/h5-6H,7H2,1-4H3. The Bertz CT molecular complexity index is 344. The molecule has 0 spiro atoms. The summed E-state index contributed by atoms with van der Waals surface area (Å²) in [5.41, 5.74) is 5.53. The van der Waals surface area contributed by atoms with E-state index >= 15 is 0 Å². The molecule has 0 saturated carbocycles. The lowest BCUT2D eigenvalue weighted by Crippen LogP contribution is -2.24. The summed E-state index contributed by atoms with van der Waals surface area (Å²) in [5.74, 6) is 0. The van der Waals surface area contributed by atoms with E-state index in [1.807, 2.05) is 0 Å². The van der Waals surface area contributed by atoms with Gasteiger partial charge in [0, 0.05) is 14.1 Å². The third-order valence-electron chi connectivity index (χ3n) is 2.90. The second-order valence-corrected chi connectivity index (χ2v) is 3.91. The molecule has 13 heavy (non-hydrogen) atoms. The van der Waals surface area contributed by atoms with E-state index in [1.165, 1.54) is 22.5 Å². The Morgan fingerprint density at radius 1 is 1.08 bits per heavy atom. The van der Waals surface area contributed by atoms with Crippen LogP contribution < -0.4 is 9.80 Å². The Balaban J connectivity index is 2.64. The molecule has 1 heterocycles. The van der Waals surface area contributed by atoms with Crippen molar-refractivity contribution in [3.05, 3.63) is 23.3 Å². The van der Waals surface area contributed by atoms with Gasteiger partial charge in [-0.3, -0.25) is 0 Å². The number of fused-ring (bicyclic) bond motifs is 1. The molecule has 70 valence electrons. The van der Waals surface area contributed by atoms with E-state index < -0.39 is 0 Å². The second kappa shape index (κ2) is 2.66. The fourth-order valence-corrected chi connectivity index (χ4v) is 2.04. The summed E-state index contributed by atoms with van der Waals surface area (Å²) in [6.45, 7) is 5.37. The zero-order chi connectivity index (χ0) is 9.59. The topological polar surface area (TPSA) is 6.48 Å². The van der Waals surface area contributed by atoms with Crippen LogP contribution in [0.5, 0.6) is 0 Å². The first kappa shape index (κ1) is 8.42. The Labute approximate surface area is 79.8 Å². The number of anilines is 2. The van der Waals surface area contributed by atoms with Crippen molar-refractivity contribution in [2.45, 2.75) is 13.8 Å². The molecule has 0 atom stereocenters. The summed E-state index contributed by atoms with van der Waals surface area (Å²) in [6, 6.07) is 4.41. The number of aryl methyl sites for hydroxylation is 1. The van der Waals surface area contributed by atoms with Crippen molar-refractivity contribution in [3.8, 4) is 0 Å². The van der Waals surface area contributed by atoms with Crippen LogP contribution in [-0.4, -0.2) is 20.8 Å². The summed E-state index contributed by atoms with van der Waals surface area (Å²) >= 11 is 0. The minimum atomic E-state index is 1.000. The monoisotopic (exact) mass is 176 g/mol. The van der Waals surface area contributed by atoms with Crippen LogP contribution in [0, 0.1) is 13.8 Å². The van der Waals surface area contributed by atoms with Crippen LogP contribution in [0.3, 0.4) is 0 Å². The lowest BCUT2D eigenvalue weighted by molar-refractivity contribution is 0.914. The molecule has 0 aliphatic carbocycles. The molecule has 0 unspecified atom stereocenters. The molecule has 0 N–H and O–H groups in total. The maximum absolute atomic E-state index is 2.30. The quantitative estimate of drug-likeness (QED) is 0.597. The SMILES string of the molecule is Cc1ccc2c(c1C)N(C)CN2C. The molecule has 1 aliphatic heterocycles. The van der Waals surface area contributed by atoms with Crippen LogP contribution in [0.1, 0.15) is 11.1 Å². The summed E-state index contributed by atoms with van der Waals surface area (Å²) in [7, 11) is 4.28. The number of hydrogen-bond donors (Lipinski definition) is 0. The van der Waals surface area contributed by atoms with E-state index in [0.717, 1.165) is 6.67 Å². The number of hydrogen-bond acceptors (Lipinski definition) is 2. The molecule has 2 heteroatoms. The van der Waals surface area contributed by atoms with Gasteiger partial charge in [-0.05, 0) is 31.0 Å². The lowest BCUT2D eigenvalue weighted by Gasteiger charge is -2.14. The minimum absolute atomic E-state index is 1.000. The first-order valence-corrected chi connectivity index (χ1v) is 4.63. The molecular formula is C11H16N2. The van der Waals surface area contributed by atoms with Gasteiger partial charge in [-0.2, -0.15) is 0 Å². The van der Waals surface area contributed by atoms with Crippen molar-refractivity contribution < 1.29 is 0 Å². The van der Waals surface area contributed by atoms with Gasteiger partial charge >= 0.3 is 0 Å². The van der Waals surface area contributed by atoms with Crippen LogP contribution >= 0.6 is 0 Å². The summed E-state index contributed by atoms with van der Waals surface area (Å²) in [4.78, 5) is 4.58. The zero-order valence-corrected chi connectivity index (χ0v) is 8.76. The average Bonchev–Trinajstić information content (AvgIpc) is 2.35. The highest BCUT2D eigenvalue weighted by Gasteiger charge is 2.22. The largest absolute Gasteiger partial charge is 0.355 e. The van der Waals surface area contributed by atoms with E-state index in [0.29, 0.717) is 0 Å². The highest BCUT2D eigenvalue weighted by Crippen LogP contribution is 2.37. The first-order valence-electron chi connectivity index (χ1n) is 4.63. The van der Waals surface area contributed by atoms with Gasteiger partial charge in [0.05, 0.1) is 18.0 Å². The molecule has 0 fully saturated rings. The number of benzene rings is 1. The highest BCUT2D eigenvalue weighted by molar-refractivity contribution is 5.79. The molecule has 0 aromatic heterocycles. The molecule has 1 aliphatic rings. The number of nitrogens with zero attached hydrogens (tertiary/aromatic N) is 2. The van der Waals surface area contributed by atoms with Gasteiger partial charge in [0.2, 0.25) is 0 Å². The third kappa shape index (κ3) is 1.09. The molecule has 1 aromatic rings. The van der Waals surface area contributed by atoms with Gasteiger partial charge in [0.25, 0.3) is 0 Å². The van der Waals surface area contributed by atoms with Gasteiger partial charge < -0.3 is 9.80 Å². The molecule has 2 nitrogen and oxygen atoms in total. The van der Waals surface area contributed by atoms with Gasteiger partial charge in [0.15, 0.2) is 0 Å². The van der Waals surface area contributed by atoms with E-state index in [-0.39, 0.29) is 0 Å². The molecule has 0 bridgehead atoms. The number of rotatable bonds is 0. The fraction of sp³-hybridized carbons (Fsp3) is 0.455. The first-order chi connectivity index (χ1) is 6.11. The highest BCUT2D eigenvalue weighted by atomic mass is 15.3. The molecule has 0 amide bonds. The van der Waals surface area contributed by atoms with Crippen molar-refractivity contribution >= 4 is 11.4 Å². The van der Waals surface area contributed by atoms with Crippen LogP contribution in [-0.2, 0) is 0 Å². The van der Waals surface area contributed by atoms with Gasteiger partial charge in [-0.1, -0.05) is 6.07 Å². The van der Waals surface area contributed by atoms with Gasteiger partial charge in [-0.15, -0.1) is 0 Å². The lowest BCUT2D eigenvalue weighted by atomic mass is 10.1. The van der Waals surface area contributed by atoms with Crippen molar-refractivity contribution in [2.24, 2.45) is 0 Å². The van der Waals surface area contributed by atoms with Crippen molar-refractivity contribution in [1.82, 2.24) is 0 Å². The van der Waals surface area contributed by atoms with E-state index in [9.17, 15) is 0 Å². The molecule has 1 aromatic carbocycles. The van der Waals surface area contributed by atoms with Crippen molar-refractivity contribution in [2.75, 3.05) is 30.6 Å². The normalized spacial score (nSPS) is 15.1. The Morgan fingerprint density at radius 3 is 2.46 bits per heavy atom. The third-order valence-corrected chi connectivity index (χ3v) is 2.90.